The van der Waals surface area contributed by atoms with Gasteiger partial charge in [-0.05, 0) is 36.8 Å². The van der Waals surface area contributed by atoms with Crippen molar-refractivity contribution < 1.29 is 19.1 Å². The van der Waals surface area contributed by atoms with Crippen LogP contribution in [0.15, 0.2) is 42.5 Å². The number of rotatable bonds is 4. The predicted molar refractivity (Wildman–Crippen MR) is 90.5 cm³/mol. The summed E-state index contributed by atoms with van der Waals surface area (Å²) in [5.74, 6) is 0.467. The number of aryl methyl sites for hydroxylation is 1. The van der Waals surface area contributed by atoms with E-state index in [1.807, 2.05) is 25.1 Å². The number of benzene rings is 2. The number of ether oxygens (including phenoxy) is 2. The van der Waals surface area contributed by atoms with Crippen LogP contribution in [0.3, 0.4) is 0 Å². The first-order valence-electron chi connectivity index (χ1n) is 7.58. The van der Waals surface area contributed by atoms with Crippen LogP contribution in [0.5, 0.6) is 11.5 Å². The molecule has 1 atom stereocenters. The zero-order valence-electron chi connectivity index (χ0n) is 13.5. The van der Waals surface area contributed by atoms with E-state index in [9.17, 15) is 9.59 Å². The minimum Gasteiger partial charge on any atom is -0.495 e. The lowest BCUT2D eigenvalue weighted by atomic mass is 10.1. The number of hydrogen-bond donors (Lipinski definition) is 2. The Kier molecular flexibility index (Phi) is 4.37. The fraction of sp³-hybridized carbons (Fsp3) is 0.222. The number of methoxy groups -OCH3 is 1. The fourth-order valence-corrected chi connectivity index (χ4v) is 2.52. The molecule has 0 aromatic heterocycles. The summed E-state index contributed by atoms with van der Waals surface area (Å²) in [6, 6.07) is 12.6. The van der Waals surface area contributed by atoms with Gasteiger partial charge in [-0.2, -0.15) is 0 Å². The zero-order valence-corrected chi connectivity index (χ0v) is 13.5. The van der Waals surface area contributed by atoms with E-state index in [1.165, 1.54) is 7.11 Å². The molecule has 2 aromatic rings. The van der Waals surface area contributed by atoms with Crippen LogP contribution in [0.2, 0.25) is 0 Å². The van der Waals surface area contributed by atoms with Gasteiger partial charge in [0.2, 0.25) is 5.91 Å². The van der Waals surface area contributed by atoms with Crippen LogP contribution in [0.1, 0.15) is 12.0 Å². The molecule has 0 radical (unpaired) electrons. The Morgan fingerprint density at radius 1 is 1.29 bits per heavy atom. The molecule has 1 unspecified atom stereocenters. The molecule has 0 bridgehead atoms. The molecule has 0 saturated heterocycles. The van der Waals surface area contributed by atoms with Gasteiger partial charge in [-0.3, -0.25) is 9.59 Å². The van der Waals surface area contributed by atoms with Gasteiger partial charge in [0, 0.05) is 0 Å². The normalized spacial score (nSPS) is 15.8. The van der Waals surface area contributed by atoms with Gasteiger partial charge in [-0.15, -0.1) is 0 Å². The molecule has 124 valence electrons. The van der Waals surface area contributed by atoms with Gasteiger partial charge in [0.25, 0.3) is 5.91 Å². The highest BCUT2D eigenvalue weighted by Gasteiger charge is 2.29. The molecule has 0 spiro atoms. The van der Waals surface area contributed by atoms with E-state index in [0.29, 0.717) is 22.9 Å². The average molecular weight is 326 g/mol. The number of nitrogens with one attached hydrogen (secondary N) is 2. The number of amides is 2. The number of fused-ring (bicyclic) bond motifs is 1. The standard InChI is InChI=1S/C18H18N2O4/c1-11-7-8-15-13(9-11)20-18(22)16(24-15)10-17(21)19-12-5-3-4-6-14(12)23-2/h3-9,16H,10H2,1-2H3,(H,19,21)(H,20,22). The molecule has 1 aliphatic heterocycles. The summed E-state index contributed by atoms with van der Waals surface area (Å²) >= 11 is 0. The Bertz CT molecular complexity index is 788. The van der Waals surface area contributed by atoms with Crippen molar-refractivity contribution in [3.05, 3.63) is 48.0 Å². The quantitative estimate of drug-likeness (QED) is 0.906. The summed E-state index contributed by atoms with van der Waals surface area (Å²) in [7, 11) is 1.53. The zero-order chi connectivity index (χ0) is 17.1. The fourth-order valence-electron chi connectivity index (χ4n) is 2.52. The summed E-state index contributed by atoms with van der Waals surface area (Å²) < 4.78 is 10.8. The maximum atomic E-state index is 12.2. The van der Waals surface area contributed by atoms with Gasteiger partial charge in [-0.25, -0.2) is 0 Å². The van der Waals surface area contributed by atoms with E-state index in [2.05, 4.69) is 10.6 Å². The molecular weight excluding hydrogens is 308 g/mol. The van der Waals surface area contributed by atoms with Crippen molar-refractivity contribution in [1.29, 1.82) is 0 Å². The molecule has 0 aliphatic carbocycles. The van der Waals surface area contributed by atoms with Crippen molar-refractivity contribution in [2.24, 2.45) is 0 Å². The van der Waals surface area contributed by atoms with Crippen LogP contribution < -0.4 is 20.1 Å². The van der Waals surface area contributed by atoms with Crippen LogP contribution in [0.4, 0.5) is 11.4 Å². The number of carbonyl (C=O) groups excluding carboxylic acids is 2. The Hall–Kier alpha value is -3.02. The third-order valence-electron chi connectivity index (χ3n) is 3.71. The molecule has 0 saturated carbocycles. The SMILES string of the molecule is COc1ccccc1NC(=O)CC1Oc2ccc(C)cc2NC1=O. The van der Waals surface area contributed by atoms with Crippen molar-refractivity contribution in [3.63, 3.8) is 0 Å². The molecule has 24 heavy (non-hydrogen) atoms. The summed E-state index contributed by atoms with van der Waals surface area (Å²) in [4.78, 5) is 24.4. The van der Waals surface area contributed by atoms with Crippen molar-refractivity contribution in [2.45, 2.75) is 19.4 Å². The van der Waals surface area contributed by atoms with Crippen LogP contribution in [-0.4, -0.2) is 25.0 Å². The van der Waals surface area contributed by atoms with Gasteiger partial charge >= 0.3 is 0 Å². The first-order chi connectivity index (χ1) is 11.6. The minimum atomic E-state index is -0.866. The van der Waals surface area contributed by atoms with Crippen molar-refractivity contribution in [1.82, 2.24) is 0 Å². The first-order valence-corrected chi connectivity index (χ1v) is 7.58. The Morgan fingerprint density at radius 2 is 2.08 bits per heavy atom. The number of hydrogen-bond acceptors (Lipinski definition) is 4. The Morgan fingerprint density at radius 3 is 2.88 bits per heavy atom. The van der Waals surface area contributed by atoms with Crippen LogP contribution in [0, 0.1) is 6.92 Å². The molecule has 0 fully saturated rings. The molecule has 2 aromatic carbocycles. The maximum absolute atomic E-state index is 12.2. The van der Waals surface area contributed by atoms with Crippen LogP contribution in [-0.2, 0) is 9.59 Å². The second-order valence-electron chi connectivity index (χ2n) is 5.55. The van der Waals surface area contributed by atoms with Crippen molar-refractivity contribution in [3.8, 4) is 11.5 Å². The average Bonchev–Trinajstić information content (AvgIpc) is 2.56. The summed E-state index contributed by atoms with van der Waals surface area (Å²) in [6.45, 7) is 1.93. The number of anilines is 2. The Balaban J connectivity index is 1.68. The highest BCUT2D eigenvalue weighted by molar-refractivity contribution is 6.02. The van der Waals surface area contributed by atoms with E-state index < -0.39 is 6.10 Å². The summed E-state index contributed by atoms with van der Waals surface area (Å²) in [5, 5.41) is 5.51. The van der Waals surface area contributed by atoms with Gasteiger partial charge in [0.05, 0.1) is 24.9 Å². The lowest BCUT2D eigenvalue weighted by molar-refractivity contribution is -0.128. The molecule has 2 amide bonds. The van der Waals surface area contributed by atoms with Crippen LogP contribution in [0.25, 0.3) is 0 Å². The smallest absolute Gasteiger partial charge is 0.266 e. The van der Waals surface area contributed by atoms with E-state index in [-0.39, 0.29) is 18.2 Å². The monoisotopic (exact) mass is 326 g/mol. The molecule has 1 aliphatic rings. The second kappa shape index (κ2) is 6.62. The molecule has 1 heterocycles. The lowest BCUT2D eigenvalue weighted by Gasteiger charge is -2.25. The third-order valence-corrected chi connectivity index (χ3v) is 3.71. The van der Waals surface area contributed by atoms with Crippen LogP contribution >= 0.6 is 0 Å². The van der Waals surface area contributed by atoms with Gasteiger partial charge in [-0.1, -0.05) is 18.2 Å². The van der Waals surface area contributed by atoms with Gasteiger partial charge in [0.15, 0.2) is 6.10 Å². The van der Waals surface area contributed by atoms with Gasteiger partial charge in [0.1, 0.15) is 11.5 Å². The van der Waals surface area contributed by atoms with E-state index in [0.717, 1.165) is 5.56 Å². The third kappa shape index (κ3) is 3.32. The van der Waals surface area contributed by atoms with Crippen molar-refractivity contribution >= 4 is 23.2 Å². The summed E-state index contributed by atoms with van der Waals surface area (Å²) in [6.07, 6.45) is -0.952. The van der Waals surface area contributed by atoms with Crippen molar-refractivity contribution in [2.75, 3.05) is 17.7 Å². The number of para-hydroxylation sites is 2. The Labute approximate surface area is 139 Å². The predicted octanol–water partition coefficient (Wildman–Crippen LogP) is 2.73. The largest absolute Gasteiger partial charge is 0.495 e. The second-order valence-corrected chi connectivity index (χ2v) is 5.55. The highest BCUT2D eigenvalue weighted by Crippen LogP contribution is 2.31. The lowest BCUT2D eigenvalue weighted by Crippen LogP contribution is -2.39. The molecule has 6 heteroatoms. The van der Waals surface area contributed by atoms with E-state index >= 15 is 0 Å². The molecule has 3 rings (SSSR count). The minimum absolute atomic E-state index is 0.0861. The first kappa shape index (κ1) is 15.9. The van der Waals surface area contributed by atoms with Gasteiger partial charge < -0.3 is 20.1 Å². The topological polar surface area (TPSA) is 76.7 Å². The molecular formula is C18H18N2O4. The van der Waals surface area contributed by atoms with E-state index in [4.69, 9.17) is 9.47 Å². The van der Waals surface area contributed by atoms with E-state index in [1.54, 1.807) is 24.3 Å². The number of carbonyl (C=O) groups is 2. The highest BCUT2D eigenvalue weighted by atomic mass is 16.5. The summed E-state index contributed by atoms with van der Waals surface area (Å²) in [5.41, 5.74) is 2.20. The molecule has 2 N–H and O–H groups in total. The molecule has 6 nitrogen and oxygen atoms in total. The maximum Gasteiger partial charge on any atom is 0.266 e.